The van der Waals surface area contributed by atoms with Crippen molar-refractivity contribution >= 4 is 34.0 Å². The van der Waals surface area contributed by atoms with Crippen LogP contribution in [-0.2, 0) is 0 Å². The van der Waals surface area contributed by atoms with Gasteiger partial charge < -0.3 is 0 Å². The van der Waals surface area contributed by atoms with Gasteiger partial charge >= 0.3 is 0 Å². The van der Waals surface area contributed by atoms with Crippen LogP contribution in [0.4, 0.5) is 0 Å². The highest BCUT2D eigenvalue weighted by atomic mass is 127. The molecular weight excluding hydrogens is 329 g/mol. The molecule has 0 amide bonds. The van der Waals surface area contributed by atoms with Crippen molar-refractivity contribution in [2.24, 2.45) is 4.99 Å². The molecule has 3 heteroatoms. The fourth-order valence-electron chi connectivity index (χ4n) is 1.87. The molecule has 1 aliphatic rings. The van der Waals surface area contributed by atoms with Gasteiger partial charge in [-0.15, -0.1) is 13.8 Å². The molecule has 0 N–H and O–H groups in total. The first-order valence-corrected chi connectivity index (χ1v) is 10.4. The second kappa shape index (κ2) is 7.54. The van der Waals surface area contributed by atoms with Gasteiger partial charge in [0.2, 0.25) is 0 Å². The Bertz CT molecular complexity index is 261. The number of hydrogen-bond donors (Lipinski definition) is 0. The molecule has 0 aliphatic carbocycles. The fraction of sp³-hybridized carbons (Fsp3) is 0.615. The van der Waals surface area contributed by atoms with E-state index in [0.29, 0.717) is 5.25 Å². The summed E-state index contributed by atoms with van der Waals surface area (Å²) in [6.45, 7) is 6.25. The second-order valence-corrected chi connectivity index (χ2v) is 11.2. The van der Waals surface area contributed by atoms with E-state index in [0.717, 1.165) is 0 Å². The molecule has 1 heterocycles. The topological polar surface area (TPSA) is 12.4 Å². The number of rotatable bonds is 8. The molecule has 16 heavy (non-hydrogen) atoms. The van der Waals surface area contributed by atoms with E-state index in [4.69, 9.17) is 0 Å². The molecule has 92 valence electrons. The minimum Gasteiger partial charge on any atom is -0.258 e. The summed E-state index contributed by atoms with van der Waals surface area (Å²) in [6, 6.07) is 0. The summed E-state index contributed by atoms with van der Waals surface area (Å²) in [6.07, 6.45) is 12.1. The third-order valence-corrected chi connectivity index (χ3v) is 8.76. The van der Waals surface area contributed by atoms with Crippen molar-refractivity contribution in [3.8, 4) is 0 Å². The smallest absolute Gasteiger partial charge is 0.0553 e. The van der Waals surface area contributed by atoms with Crippen molar-refractivity contribution < 1.29 is 0 Å². The van der Waals surface area contributed by atoms with E-state index in [-0.39, 0.29) is 0 Å². The van der Waals surface area contributed by atoms with E-state index in [1.54, 1.807) is 0 Å². The molecule has 0 aromatic rings. The molecule has 0 saturated heterocycles. The molecular formula is C13H22INS. The number of unbranched alkanes of at least 4 members (excludes halogenated alkanes) is 4. The summed E-state index contributed by atoms with van der Waals surface area (Å²) < 4.78 is 0. The summed E-state index contributed by atoms with van der Waals surface area (Å²) in [4.78, 5) is 4.24. The molecule has 1 nitrogen and oxygen atoms in total. The first-order chi connectivity index (χ1) is 7.73. The predicted octanol–water partition coefficient (Wildman–Crippen LogP) is 5.57. The van der Waals surface area contributed by atoms with E-state index in [2.05, 4.69) is 56.7 Å². The van der Waals surface area contributed by atoms with Crippen molar-refractivity contribution in [3.05, 3.63) is 24.3 Å². The zero-order valence-corrected chi connectivity index (χ0v) is 13.0. The second-order valence-electron chi connectivity index (χ2n) is 4.19. The molecule has 0 bridgehead atoms. The first-order valence-electron chi connectivity index (χ1n) is 6.07. The van der Waals surface area contributed by atoms with Crippen molar-refractivity contribution in [2.45, 2.75) is 50.7 Å². The highest BCUT2D eigenvalue weighted by Crippen LogP contribution is 2.63. The van der Waals surface area contributed by atoms with Gasteiger partial charge in [-0.25, -0.2) is 0 Å². The van der Waals surface area contributed by atoms with Crippen LogP contribution >= 0.6 is 28.4 Å². The zero-order chi connectivity index (χ0) is 11.9. The molecule has 1 aliphatic heterocycles. The Morgan fingerprint density at radius 1 is 1.38 bits per heavy atom. The van der Waals surface area contributed by atoms with Gasteiger partial charge in [-0.3, -0.25) is 4.99 Å². The number of aliphatic imine (C=N–C) groups is 1. The van der Waals surface area contributed by atoms with Gasteiger partial charge in [-0.05, 0) is 33.0 Å². The summed E-state index contributed by atoms with van der Waals surface area (Å²) in [7, 11) is -0.808. The molecule has 0 spiro atoms. The minimum absolute atomic E-state index is 0.609. The van der Waals surface area contributed by atoms with E-state index in [1.165, 1.54) is 38.5 Å². The molecule has 2 unspecified atom stereocenters. The summed E-state index contributed by atoms with van der Waals surface area (Å²) >= 11 is 2.57. The number of hydrogen-bond acceptors (Lipinski definition) is 1. The van der Waals surface area contributed by atoms with Gasteiger partial charge in [0.25, 0.3) is 0 Å². The Morgan fingerprint density at radius 2 is 2.12 bits per heavy atom. The van der Waals surface area contributed by atoms with Crippen LogP contribution in [0.1, 0.15) is 45.4 Å². The predicted molar refractivity (Wildman–Crippen MR) is 86.6 cm³/mol. The SMILES string of the molecule is C=CC(CCCCCCC)S1(I)C=CN=C1. The third kappa shape index (κ3) is 4.24. The molecule has 0 radical (unpaired) electrons. The average Bonchev–Trinajstić information content (AvgIpc) is 2.71. The summed E-state index contributed by atoms with van der Waals surface area (Å²) in [5.74, 6) is 0. The van der Waals surface area contributed by atoms with Gasteiger partial charge in [-0.1, -0.05) is 45.1 Å². The Balaban J connectivity index is 2.30. The highest BCUT2D eigenvalue weighted by Gasteiger charge is 2.26. The molecule has 0 aromatic carbocycles. The Hall–Kier alpha value is 0.230. The van der Waals surface area contributed by atoms with Crippen LogP contribution < -0.4 is 0 Å². The zero-order valence-electron chi connectivity index (χ0n) is 10.1. The van der Waals surface area contributed by atoms with E-state index < -0.39 is 7.20 Å². The lowest BCUT2D eigenvalue weighted by atomic mass is 10.1. The lowest BCUT2D eigenvalue weighted by Crippen LogP contribution is -2.08. The van der Waals surface area contributed by atoms with E-state index >= 15 is 0 Å². The van der Waals surface area contributed by atoms with Crippen molar-refractivity contribution in [2.75, 3.05) is 0 Å². The highest BCUT2D eigenvalue weighted by molar-refractivity contribution is 14.2. The quantitative estimate of drug-likeness (QED) is 0.308. The van der Waals surface area contributed by atoms with Crippen molar-refractivity contribution in [3.63, 3.8) is 0 Å². The van der Waals surface area contributed by atoms with Crippen LogP contribution in [0.2, 0.25) is 0 Å². The monoisotopic (exact) mass is 351 g/mol. The van der Waals surface area contributed by atoms with Gasteiger partial charge in [0.1, 0.15) is 0 Å². The summed E-state index contributed by atoms with van der Waals surface area (Å²) in [5.41, 5.74) is 2.13. The molecule has 0 aromatic heterocycles. The normalized spacial score (nSPS) is 28.9. The largest absolute Gasteiger partial charge is 0.258 e. The van der Waals surface area contributed by atoms with Crippen LogP contribution in [0.3, 0.4) is 0 Å². The van der Waals surface area contributed by atoms with Gasteiger partial charge in [0.05, 0.1) is 5.55 Å². The van der Waals surface area contributed by atoms with Crippen LogP contribution in [0.25, 0.3) is 0 Å². The van der Waals surface area contributed by atoms with Gasteiger partial charge in [0.15, 0.2) is 0 Å². The first kappa shape index (κ1) is 14.3. The Labute approximate surface area is 113 Å². The van der Waals surface area contributed by atoms with Crippen LogP contribution in [-0.4, -0.2) is 10.8 Å². The molecule has 0 saturated carbocycles. The maximum Gasteiger partial charge on any atom is 0.0553 e. The molecule has 2 atom stereocenters. The van der Waals surface area contributed by atoms with Crippen LogP contribution in [0.15, 0.2) is 29.3 Å². The summed E-state index contributed by atoms with van der Waals surface area (Å²) in [5, 5.41) is 2.88. The lowest BCUT2D eigenvalue weighted by Gasteiger charge is -2.30. The third-order valence-electron chi connectivity index (χ3n) is 2.90. The number of nitrogens with zero attached hydrogens (tertiary/aromatic N) is 1. The van der Waals surface area contributed by atoms with Crippen LogP contribution in [0.5, 0.6) is 0 Å². The van der Waals surface area contributed by atoms with E-state index in [9.17, 15) is 0 Å². The Morgan fingerprint density at radius 3 is 2.69 bits per heavy atom. The maximum atomic E-state index is 4.24. The fourth-order valence-corrected chi connectivity index (χ4v) is 5.80. The average molecular weight is 351 g/mol. The number of halogens is 1. The minimum atomic E-state index is -0.808. The van der Waals surface area contributed by atoms with Crippen molar-refractivity contribution in [1.82, 2.24) is 0 Å². The van der Waals surface area contributed by atoms with Crippen molar-refractivity contribution in [1.29, 1.82) is 0 Å². The maximum absolute atomic E-state index is 4.24. The Kier molecular flexibility index (Phi) is 6.73. The molecule has 1 rings (SSSR count). The standard InChI is InChI=1S/C13H22INS/c1-3-5-6-7-8-9-13(4-2)16(14)11-10-15-12-16/h4,10-13H,2-3,5-9H2,1H3. The van der Waals surface area contributed by atoms with E-state index in [1.807, 2.05) is 6.20 Å². The van der Waals surface area contributed by atoms with Gasteiger partial charge in [0, 0.05) is 11.4 Å². The van der Waals surface area contributed by atoms with Crippen LogP contribution in [0, 0.1) is 0 Å². The van der Waals surface area contributed by atoms with Gasteiger partial charge in [-0.2, -0.15) is 0 Å². The lowest BCUT2D eigenvalue weighted by molar-refractivity contribution is 0.614. The molecule has 0 fully saturated rings.